The van der Waals surface area contributed by atoms with Crippen molar-refractivity contribution in [3.8, 4) is 0 Å². The number of amides is 2. The summed E-state index contributed by atoms with van der Waals surface area (Å²) in [5.41, 5.74) is 0.972. The summed E-state index contributed by atoms with van der Waals surface area (Å²) in [4.78, 5) is 38.7. The van der Waals surface area contributed by atoms with Crippen LogP contribution in [-0.4, -0.2) is 41.9 Å². The molecular weight excluding hydrogens is 364 g/mol. The number of fused-ring (bicyclic) bond motifs is 1. The lowest BCUT2D eigenvalue weighted by atomic mass is 10.3. The van der Waals surface area contributed by atoms with Gasteiger partial charge >= 0.3 is 12.1 Å². The Hall–Kier alpha value is -2.13. The third-order valence-corrected chi connectivity index (χ3v) is 5.38. The number of methoxy groups -OCH3 is 1. The summed E-state index contributed by atoms with van der Waals surface area (Å²) in [6.45, 7) is 1.39. The Bertz CT molecular complexity index is 729. The number of rotatable bonds is 7. The Morgan fingerprint density at radius 3 is 2.80 bits per heavy atom. The molecule has 9 heteroatoms. The monoisotopic (exact) mass is 382 g/mol. The summed E-state index contributed by atoms with van der Waals surface area (Å²) in [5.74, 6) is -0.487. The van der Waals surface area contributed by atoms with Crippen molar-refractivity contribution in [3.63, 3.8) is 0 Å². The zero-order valence-electron chi connectivity index (χ0n) is 13.8. The lowest BCUT2D eigenvalue weighted by molar-refractivity contribution is -0.154. The predicted molar refractivity (Wildman–Crippen MR) is 95.7 cm³/mol. The van der Waals surface area contributed by atoms with E-state index in [0.717, 1.165) is 27.4 Å². The average Bonchev–Trinajstić information content (AvgIpc) is 3.01. The third kappa shape index (κ3) is 6.02. The van der Waals surface area contributed by atoms with Crippen molar-refractivity contribution in [2.75, 3.05) is 12.9 Å². The number of thioether (sulfide) groups is 1. The Labute approximate surface area is 153 Å². The van der Waals surface area contributed by atoms with Crippen molar-refractivity contribution in [3.05, 3.63) is 24.3 Å². The lowest BCUT2D eigenvalue weighted by Crippen LogP contribution is -2.39. The summed E-state index contributed by atoms with van der Waals surface area (Å²) in [6, 6.07) is 7.91. The molecule has 1 atom stereocenters. The third-order valence-electron chi connectivity index (χ3n) is 3.11. The van der Waals surface area contributed by atoms with Gasteiger partial charge in [-0.15, -0.1) is 11.3 Å². The largest absolute Gasteiger partial charge is 0.453 e. The number of ether oxygens (including phenoxy) is 2. The van der Waals surface area contributed by atoms with Gasteiger partial charge in [-0.2, -0.15) is 0 Å². The van der Waals surface area contributed by atoms with E-state index in [1.54, 1.807) is 23.1 Å². The summed E-state index contributed by atoms with van der Waals surface area (Å²) in [5, 5.41) is 1.95. The fourth-order valence-electron chi connectivity index (χ4n) is 1.85. The number of alkyl carbamates (subject to hydrolysis) is 1. The first-order valence-electron chi connectivity index (χ1n) is 7.56. The highest BCUT2D eigenvalue weighted by Crippen LogP contribution is 2.29. The van der Waals surface area contributed by atoms with Crippen molar-refractivity contribution in [2.45, 2.75) is 30.2 Å². The first-order chi connectivity index (χ1) is 12.0. The minimum atomic E-state index is -1.05. The first kappa shape index (κ1) is 19.2. The Morgan fingerprint density at radius 2 is 2.08 bits per heavy atom. The average molecular weight is 382 g/mol. The fourth-order valence-corrected chi connectivity index (χ4v) is 3.93. The standard InChI is InChI=1S/C16H18N2O5S2/c1-10(14(20)18-15(21)22-2)23-13(19)8-5-9-24-16-17-11-6-3-4-7-12(11)25-16/h3-4,6-7,10H,5,8-9H2,1-2H3,(H,18,20,21)/t10-/m0/s1. The van der Waals surface area contributed by atoms with Crippen LogP contribution in [0, 0.1) is 0 Å². The van der Waals surface area contributed by atoms with Gasteiger partial charge in [0.1, 0.15) is 0 Å². The van der Waals surface area contributed by atoms with Gasteiger partial charge in [0.2, 0.25) is 0 Å². The van der Waals surface area contributed by atoms with Crippen molar-refractivity contribution in [1.29, 1.82) is 0 Å². The molecule has 0 unspecified atom stereocenters. The quantitative estimate of drug-likeness (QED) is 0.447. The zero-order chi connectivity index (χ0) is 18.2. The Morgan fingerprint density at radius 1 is 1.32 bits per heavy atom. The topological polar surface area (TPSA) is 94.6 Å². The van der Waals surface area contributed by atoms with Crippen molar-refractivity contribution in [2.24, 2.45) is 0 Å². The van der Waals surface area contributed by atoms with E-state index < -0.39 is 24.1 Å². The van der Waals surface area contributed by atoms with Crippen LogP contribution in [0.15, 0.2) is 28.6 Å². The maximum atomic E-state index is 11.7. The van der Waals surface area contributed by atoms with Gasteiger partial charge in [-0.3, -0.25) is 14.9 Å². The van der Waals surface area contributed by atoms with Gasteiger partial charge in [0.05, 0.1) is 17.3 Å². The molecule has 1 aromatic carbocycles. The lowest BCUT2D eigenvalue weighted by Gasteiger charge is -2.12. The number of carbonyl (C=O) groups excluding carboxylic acids is 3. The van der Waals surface area contributed by atoms with Crippen LogP contribution in [0.5, 0.6) is 0 Å². The first-order valence-corrected chi connectivity index (χ1v) is 9.36. The van der Waals surface area contributed by atoms with Crippen molar-refractivity contribution in [1.82, 2.24) is 10.3 Å². The highest BCUT2D eigenvalue weighted by molar-refractivity contribution is 8.01. The molecule has 7 nitrogen and oxygen atoms in total. The number of nitrogens with one attached hydrogen (secondary N) is 1. The van der Waals surface area contributed by atoms with Crippen LogP contribution in [0.2, 0.25) is 0 Å². The molecule has 0 bridgehead atoms. The molecule has 0 aliphatic carbocycles. The van der Waals surface area contributed by atoms with Crippen LogP contribution >= 0.6 is 23.1 Å². The SMILES string of the molecule is COC(=O)NC(=O)[C@H](C)OC(=O)CCCSc1nc2ccccc2s1. The fraction of sp³-hybridized carbons (Fsp3) is 0.375. The second kappa shape index (κ2) is 9.38. The van der Waals surface area contributed by atoms with Gasteiger partial charge < -0.3 is 9.47 Å². The summed E-state index contributed by atoms with van der Waals surface area (Å²) in [6.07, 6.45) is -1.15. The summed E-state index contributed by atoms with van der Waals surface area (Å²) < 4.78 is 11.4. The minimum absolute atomic E-state index is 0.188. The van der Waals surface area contributed by atoms with Gasteiger partial charge in [0.15, 0.2) is 10.4 Å². The van der Waals surface area contributed by atoms with Crippen LogP contribution in [0.1, 0.15) is 19.8 Å². The number of hydrogen-bond acceptors (Lipinski definition) is 8. The summed E-state index contributed by atoms with van der Waals surface area (Å²) in [7, 11) is 1.14. The van der Waals surface area contributed by atoms with Crippen LogP contribution in [-0.2, 0) is 19.1 Å². The molecule has 1 heterocycles. The van der Waals surface area contributed by atoms with E-state index in [0.29, 0.717) is 6.42 Å². The van der Waals surface area contributed by atoms with E-state index in [-0.39, 0.29) is 6.42 Å². The zero-order valence-corrected chi connectivity index (χ0v) is 15.4. The number of aromatic nitrogens is 1. The van der Waals surface area contributed by atoms with Gasteiger partial charge in [0, 0.05) is 12.2 Å². The number of esters is 1. The molecule has 134 valence electrons. The summed E-state index contributed by atoms with van der Waals surface area (Å²) >= 11 is 3.20. The van der Waals surface area contributed by atoms with E-state index in [1.165, 1.54) is 6.92 Å². The molecule has 0 saturated carbocycles. The minimum Gasteiger partial charge on any atom is -0.453 e. The second-order valence-corrected chi connectivity index (χ2v) is 7.39. The molecule has 1 aromatic heterocycles. The molecule has 0 aliphatic rings. The van der Waals surface area contributed by atoms with Crippen LogP contribution in [0.25, 0.3) is 10.2 Å². The maximum absolute atomic E-state index is 11.7. The molecule has 0 fully saturated rings. The normalized spacial score (nSPS) is 11.8. The number of para-hydroxylation sites is 1. The molecule has 0 aliphatic heterocycles. The molecule has 25 heavy (non-hydrogen) atoms. The Balaban J connectivity index is 1.68. The van der Waals surface area contributed by atoms with Crippen molar-refractivity contribution < 1.29 is 23.9 Å². The predicted octanol–water partition coefficient (Wildman–Crippen LogP) is 2.98. The van der Waals surface area contributed by atoms with E-state index in [1.807, 2.05) is 29.6 Å². The smallest absolute Gasteiger partial charge is 0.413 e. The molecule has 2 aromatic rings. The Kier molecular flexibility index (Phi) is 7.20. The number of benzene rings is 1. The van der Waals surface area contributed by atoms with Crippen LogP contribution in [0.4, 0.5) is 4.79 Å². The van der Waals surface area contributed by atoms with Crippen molar-refractivity contribution >= 4 is 51.3 Å². The number of carbonyl (C=O) groups is 3. The van der Waals surface area contributed by atoms with E-state index in [9.17, 15) is 14.4 Å². The number of nitrogens with zero attached hydrogens (tertiary/aromatic N) is 1. The van der Waals surface area contributed by atoms with Crippen LogP contribution < -0.4 is 5.32 Å². The molecule has 2 rings (SSSR count). The van der Waals surface area contributed by atoms with Crippen LogP contribution in [0.3, 0.4) is 0 Å². The molecular formula is C16H18N2O5S2. The molecule has 2 amide bonds. The van der Waals surface area contributed by atoms with Gasteiger partial charge in [-0.05, 0) is 25.5 Å². The van der Waals surface area contributed by atoms with Gasteiger partial charge in [-0.1, -0.05) is 23.9 Å². The second-order valence-electron chi connectivity index (χ2n) is 5.01. The molecule has 0 spiro atoms. The number of imide groups is 1. The van der Waals surface area contributed by atoms with E-state index in [2.05, 4.69) is 9.72 Å². The highest BCUT2D eigenvalue weighted by atomic mass is 32.2. The van der Waals surface area contributed by atoms with Gasteiger partial charge in [0.25, 0.3) is 5.91 Å². The molecule has 0 saturated heterocycles. The number of hydrogen-bond donors (Lipinski definition) is 1. The molecule has 0 radical (unpaired) electrons. The van der Waals surface area contributed by atoms with Gasteiger partial charge in [-0.25, -0.2) is 9.78 Å². The van der Waals surface area contributed by atoms with E-state index >= 15 is 0 Å². The number of thiazole rings is 1. The van der Waals surface area contributed by atoms with E-state index in [4.69, 9.17) is 4.74 Å². The highest BCUT2D eigenvalue weighted by Gasteiger charge is 2.19. The maximum Gasteiger partial charge on any atom is 0.413 e. The molecule has 1 N–H and O–H groups in total.